The molecule has 0 aliphatic carbocycles. The maximum absolute atomic E-state index is 10.5. The molecule has 0 amide bonds. The summed E-state index contributed by atoms with van der Waals surface area (Å²) in [5.74, 6) is -0.236. The van der Waals surface area contributed by atoms with Gasteiger partial charge in [-0.05, 0) is 19.1 Å². The predicted molar refractivity (Wildman–Crippen MR) is 33.5 cm³/mol. The molecule has 1 rings (SSSR count). The lowest BCUT2D eigenvalue weighted by molar-refractivity contribution is 0.466. The minimum Gasteiger partial charge on any atom is -0.503 e. The van der Waals surface area contributed by atoms with Crippen molar-refractivity contribution >= 4 is 0 Å². The van der Waals surface area contributed by atoms with Gasteiger partial charge in [-0.3, -0.25) is 4.79 Å². The molecule has 0 atom stereocenters. The van der Waals surface area contributed by atoms with Gasteiger partial charge in [0.15, 0.2) is 5.75 Å². The van der Waals surface area contributed by atoms with E-state index in [-0.39, 0.29) is 5.75 Å². The Morgan fingerprint density at radius 3 is 2.67 bits per heavy atom. The number of aromatic nitrogens is 1. The molecule has 3 nitrogen and oxygen atoms in total. The monoisotopic (exact) mass is 125 g/mol. The fourth-order valence-corrected chi connectivity index (χ4v) is 0.564. The normalized spacial score (nSPS) is 9.44. The smallest absolute Gasteiger partial charge is 0.290 e. The van der Waals surface area contributed by atoms with Crippen molar-refractivity contribution in [2.45, 2.75) is 6.92 Å². The standard InChI is InChI=1S/C6H7NO2/c1-4-2-3-5(8)6(9)7-4/h2-3,8H,1H3,(H,7,9). The van der Waals surface area contributed by atoms with Crippen LogP contribution in [0, 0.1) is 6.92 Å². The third kappa shape index (κ3) is 1.10. The molecular formula is C6H7NO2. The van der Waals surface area contributed by atoms with E-state index >= 15 is 0 Å². The zero-order chi connectivity index (χ0) is 6.85. The van der Waals surface area contributed by atoms with Crippen LogP contribution in [-0.2, 0) is 0 Å². The fourth-order valence-electron chi connectivity index (χ4n) is 0.564. The van der Waals surface area contributed by atoms with E-state index in [1.165, 1.54) is 6.07 Å². The molecule has 3 heteroatoms. The van der Waals surface area contributed by atoms with Crippen LogP contribution >= 0.6 is 0 Å². The van der Waals surface area contributed by atoms with Gasteiger partial charge < -0.3 is 10.1 Å². The number of pyridine rings is 1. The third-order valence-corrected chi connectivity index (χ3v) is 1.03. The summed E-state index contributed by atoms with van der Waals surface area (Å²) in [6.07, 6.45) is 0. The minimum atomic E-state index is -0.435. The first-order valence-electron chi connectivity index (χ1n) is 2.59. The Balaban J connectivity index is 3.34. The largest absolute Gasteiger partial charge is 0.503 e. The van der Waals surface area contributed by atoms with Crippen molar-refractivity contribution in [2.24, 2.45) is 0 Å². The van der Waals surface area contributed by atoms with E-state index in [4.69, 9.17) is 5.11 Å². The first-order chi connectivity index (χ1) is 4.20. The molecule has 0 aromatic carbocycles. The number of rotatable bonds is 0. The molecule has 9 heavy (non-hydrogen) atoms. The zero-order valence-corrected chi connectivity index (χ0v) is 5.01. The number of hydrogen-bond donors (Lipinski definition) is 2. The molecule has 0 spiro atoms. The van der Waals surface area contributed by atoms with E-state index in [0.29, 0.717) is 0 Å². The first-order valence-corrected chi connectivity index (χ1v) is 2.59. The SMILES string of the molecule is Cc1ccc(O)c(=O)[nH]1. The number of hydrogen-bond acceptors (Lipinski definition) is 2. The summed E-state index contributed by atoms with van der Waals surface area (Å²) in [6.45, 7) is 1.75. The van der Waals surface area contributed by atoms with Crippen molar-refractivity contribution < 1.29 is 5.11 Å². The lowest BCUT2D eigenvalue weighted by Crippen LogP contribution is -2.04. The van der Waals surface area contributed by atoms with Gasteiger partial charge in [-0.15, -0.1) is 0 Å². The molecule has 0 fully saturated rings. The highest BCUT2D eigenvalue weighted by molar-refractivity contribution is 5.17. The van der Waals surface area contributed by atoms with E-state index in [0.717, 1.165) is 5.69 Å². The van der Waals surface area contributed by atoms with Crippen molar-refractivity contribution in [3.05, 3.63) is 28.2 Å². The van der Waals surface area contributed by atoms with Gasteiger partial charge in [0.05, 0.1) is 0 Å². The molecule has 0 unspecified atom stereocenters. The highest BCUT2D eigenvalue weighted by atomic mass is 16.3. The van der Waals surface area contributed by atoms with Crippen LogP contribution in [-0.4, -0.2) is 10.1 Å². The fraction of sp³-hybridized carbons (Fsp3) is 0.167. The number of nitrogens with one attached hydrogen (secondary N) is 1. The Hall–Kier alpha value is -1.25. The predicted octanol–water partition coefficient (Wildman–Crippen LogP) is 0.389. The van der Waals surface area contributed by atoms with Gasteiger partial charge in [0, 0.05) is 5.69 Å². The highest BCUT2D eigenvalue weighted by Crippen LogP contribution is 1.97. The van der Waals surface area contributed by atoms with Gasteiger partial charge in [-0.25, -0.2) is 0 Å². The number of aromatic hydroxyl groups is 1. The minimum absolute atomic E-state index is 0.236. The third-order valence-electron chi connectivity index (χ3n) is 1.03. The molecule has 2 N–H and O–H groups in total. The van der Waals surface area contributed by atoms with Gasteiger partial charge in [-0.2, -0.15) is 0 Å². The first kappa shape index (κ1) is 5.88. The molecule has 0 aliphatic rings. The second-order valence-corrected chi connectivity index (χ2v) is 1.86. The molecule has 0 bridgehead atoms. The summed E-state index contributed by atoms with van der Waals surface area (Å²) < 4.78 is 0. The average molecular weight is 125 g/mol. The van der Waals surface area contributed by atoms with Gasteiger partial charge in [0.25, 0.3) is 5.56 Å². The van der Waals surface area contributed by atoms with E-state index in [9.17, 15) is 4.79 Å². The summed E-state index contributed by atoms with van der Waals surface area (Å²) in [4.78, 5) is 13.0. The molecule has 1 heterocycles. The van der Waals surface area contributed by atoms with Crippen LogP contribution in [0.4, 0.5) is 0 Å². The van der Waals surface area contributed by atoms with Crippen molar-refractivity contribution in [3.8, 4) is 5.75 Å². The summed E-state index contributed by atoms with van der Waals surface area (Å²) in [5.41, 5.74) is 0.313. The molecule has 0 saturated heterocycles. The topological polar surface area (TPSA) is 53.1 Å². The lowest BCUT2D eigenvalue weighted by Gasteiger charge is -1.90. The van der Waals surface area contributed by atoms with Gasteiger partial charge in [-0.1, -0.05) is 0 Å². The van der Waals surface area contributed by atoms with Gasteiger partial charge in [0.2, 0.25) is 0 Å². The zero-order valence-electron chi connectivity index (χ0n) is 5.01. The highest BCUT2D eigenvalue weighted by Gasteiger charge is 1.91. The van der Waals surface area contributed by atoms with Crippen LogP contribution in [0.25, 0.3) is 0 Å². The van der Waals surface area contributed by atoms with Gasteiger partial charge in [0.1, 0.15) is 0 Å². The molecular weight excluding hydrogens is 118 g/mol. The summed E-state index contributed by atoms with van der Waals surface area (Å²) >= 11 is 0. The maximum Gasteiger partial charge on any atom is 0.290 e. The second kappa shape index (κ2) is 1.93. The molecule has 1 aromatic rings. The van der Waals surface area contributed by atoms with E-state index in [1.807, 2.05) is 0 Å². The molecule has 48 valence electrons. The average Bonchev–Trinajstić information content (AvgIpc) is 1.80. The van der Waals surface area contributed by atoms with E-state index < -0.39 is 5.56 Å². The summed E-state index contributed by atoms with van der Waals surface area (Å²) in [5, 5.41) is 8.70. The quantitative estimate of drug-likeness (QED) is 0.527. The summed E-state index contributed by atoms with van der Waals surface area (Å²) in [7, 11) is 0. The Bertz CT molecular complexity index is 264. The van der Waals surface area contributed by atoms with Crippen LogP contribution in [0.15, 0.2) is 16.9 Å². The molecule has 0 aliphatic heterocycles. The maximum atomic E-state index is 10.5. The van der Waals surface area contributed by atoms with Crippen molar-refractivity contribution in [1.29, 1.82) is 0 Å². The van der Waals surface area contributed by atoms with Crippen LogP contribution in [0.2, 0.25) is 0 Å². The van der Waals surface area contributed by atoms with Crippen LogP contribution < -0.4 is 5.56 Å². The van der Waals surface area contributed by atoms with Crippen LogP contribution in [0.5, 0.6) is 5.75 Å². The van der Waals surface area contributed by atoms with Gasteiger partial charge >= 0.3 is 0 Å². The Kier molecular flexibility index (Phi) is 1.26. The Morgan fingerprint density at radius 1 is 1.56 bits per heavy atom. The van der Waals surface area contributed by atoms with E-state index in [1.54, 1.807) is 13.0 Å². The van der Waals surface area contributed by atoms with Crippen LogP contribution in [0.3, 0.4) is 0 Å². The Morgan fingerprint density at radius 2 is 2.22 bits per heavy atom. The summed E-state index contributed by atoms with van der Waals surface area (Å²) in [6, 6.07) is 3.00. The number of H-pyrrole nitrogens is 1. The number of aryl methyl sites for hydroxylation is 1. The van der Waals surface area contributed by atoms with Crippen LogP contribution in [0.1, 0.15) is 5.69 Å². The molecule has 0 saturated carbocycles. The van der Waals surface area contributed by atoms with Crippen molar-refractivity contribution in [3.63, 3.8) is 0 Å². The molecule has 0 radical (unpaired) electrons. The van der Waals surface area contributed by atoms with Crippen molar-refractivity contribution in [2.75, 3.05) is 0 Å². The lowest BCUT2D eigenvalue weighted by atomic mass is 10.4. The Labute approximate surface area is 52.0 Å². The van der Waals surface area contributed by atoms with Crippen molar-refractivity contribution in [1.82, 2.24) is 4.98 Å². The number of aromatic amines is 1. The van der Waals surface area contributed by atoms with E-state index in [2.05, 4.69) is 4.98 Å². The second-order valence-electron chi connectivity index (χ2n) is 1.86. The molecule has 1 aromatic heterocycles.